The maximum Gasteiger partial charge on any atom is 0.163 e. The summed E-state index contributed by atoms with van der Waals surface area (Å²) in [5.41, 5.74) is 1.89. The highest BCUT2D eigenvalue weighted by Gasteiger charge is 2.07. The summed E-state index contributed by atoms with van der Waals surface area (Å²) in [5.74, 6) is 2.97. The average molecular weight is 346 g/mol. The largest absolute Gasteiger partial charge is 0.494 e. The summed E-state index contributed by atoms with van der Waals surface area (Å²) in [7, 11) is 0. The zero-order valence-electron chi connectivity index (χ0n) is 14.8. The Kier molecular flexibility index (Phi) is 5.83. The van der Waals surface area contributed by atoms with Gasteiger partial charge in [-0.1, -0.05) is 36.4 Å². The molecule has 26 heavy (non-hydrogen) atoms. The third kappa shape index (κ3) is 4.60. The van der Waals surface area contributed by atoms with Crippen molar-refractivity contribution in [3.05, 3.63) is 73.3 Å². The van der Waals surface area contributed by atoms with Crippen LogP contribution in [0.15, 0.2) is 73.3 Å². The predicted octanol–water partition coefficient (Wildman–Crippen LogP) is 4.88. The monoisotopic (exact) mass is 346 g/mol. The molecule has 0 atom stereocenters. The molecule has 3 aromatic rings. The lowest BCUT2D eigenvalue weighted by Gasteiger charge is -2.11. The van der Waals surface area contributed by atoms with E-state index >= 15 is 0 Å². The molecular formula is C21H22N4O. The van der Waals surface area contributed by atoms with Gasteiger partial charge in [0.15, 0.2) is 5.82 Å². The Balaban J connectivity index is 1.88. The first-order chi connectivity index (χ1) is 12.8. The summed E-state index contributed by atoms with van der Waals surface area (Å²) in [6.07, 6.45) is 1.80. The Labute approximate surface area is 153 Å². The quantitative estimate of drug-likeness (QED) is 0.569. The minimum absolute atomic E-state index is 0.633. The highest BCUT2D eigenvalue weighted by Crippen LogP contribution is 2.24. The van der Waals surface area contributed by atoms with Crippen LogP contribution in [0.25, 0.3) is 11.4 Å². The molecule has 5 nitrogen and oxygen atoms in total. The fourth-order valence-electron chi connectivity index (χ4n) is 2.44. The molecule has 0 fully saturated rings. The maximum atomic E-state index is 5.48. The Morgan fingerprint density at radius 2 is 1.73 bits per heavy atom. The molecule has 0 aliphatic heterocycles. The molecule has 0 spiro atoms. The second-order valence-electron chi connectivity index (χ2n) is 5.58. The van der Waals surface area contributed by atoms with Crippen molar-refractivity contribution in [2.24, 2.45) is 0 Å². The van der Waals surface area contributed by atoms with E-state index < -0.39 is 0 Å². The van der Waals surface area contributed by atoms with Crippen LogP contribution < -0.4 is 15.4 Å². The van der Waals surface area contributed by atoms with E-state index in [1.54, 1.807) is 6.08 Å². The van der Waals surface area contributed by atoms with Crippen molar-refractivity contribution < 1.29 is 4.74 Å². The lowest BCUT2D eigenvalue weighted by Crippen LogP contribution is -2.04. The molecule has 3 rings (SSSR count). The average Bonchev–Trinajstić information content (AvgIpc) is 2.69. The van der Waals surface area contributed by atoms with Crippen molar-refractivity contribution in [1.29, 1.82) is 0 Å². The normalized spacial score (nSPS) is 10.2. The smallest absolute Gasteiger partial charge is 0.163 e. The number of nitrogens with one attached hydrogen (secondary N) is 2. The molecule has 0 saturated heterocycles. The van der Waals surface area contributed by atoms with E-state index in [9.17, 15) is 0 Å². The first kappa shape index (κ1) is 17.5. The minimum atomic E-state index is 0.633. The van der Waals surface area contributed by atoms with Gasteiger partial charge in [0.2, 0.25) is 0 Å². The molecule has 1 heterocycles. The molecule has 0 amide bonds. The standard InChI is InChI=1S/C21H22N4O/c1-3-14-22-19-15-20(23-17-10-12-18(13-11-17)26-4-2)25-21(24-19)16-8-6-5-7-9-16/h3,5-13,15H,1,4,14H2,2H3,(H2,22,23,24,25). The number of hydrogen-bond donors (Lipinski definition) is 2. The van der Waals surface area contributed by atoms with Crippen LogP contribution in [0.4, 0.5) is 17.3 Å². The Hall–Kier alpha value is -3.34. The van der Waals surface area contributed by atoms with E-state index in [0.717, 1.165) is 28.6 Å². The van der Waals surface area contributed by atoms with Gasteiger partial charge >= 0.3 is 0 Å². The van der Waals surface area contributed by atoms with Gasteiger partial charge in [0.25, 0.3) is 0 Å². The van der Waals surface area contributed by atoms with Crippen LogP contribution in [0, 0.1) is 0 Å². The van der Waals surface area contributed by atoms with Crippen LogP contribution in [0.3, 0.4) is 0 Å². The van der Waals surface area contributed by atoms with E-state index in [-0.39, 0.29) is 0 Å². The number of ether oxygens (including phenoxy) is 1. The molecule has 0 unspecified atom stereocenters. The molecule has 0 aliphatic carbocycles. The van der Waals surface area contributed by atoms with Crippen LogP contribution in [0.1, 0.15) is 6.92 Å². The summed E-state index contributed by atoms with van der Waals surface area (Å²) >= 11 is 0. The van der Waals surface area contributed by atoms with E-state index in [4.69, 9.17) is 4.74 Å². The van der Waals surface area contributed by atoms with Crippen molar-refractivity contribution in [3.63, 3.8) is 0 Å². The van der Waals surface area contributed by atoms with E-state index in [0.29, 0.717) is 19.0 Å². The van der Waals surface area contributed by atoms with Crippen LogP contribution in [0.5, 0.6) is 5.75 Å². The summed E-state index contributed by atoms with van der Waals surface area (Å²) in [6.45, 7) is 6.99. The van der Waals surface area contributed by atoms with Crippen molar-refractivity contribution >= 4 is 17.3 Å². The van der Waals surface area contributed by atoms with Gasteiger partial charge in [-0.25, -0.2) is 9.97 Å². The van der Waals surface area contributed by atoms with Gasteiger partial charge in [0.1, 0.15) is 17.4 Å². The summed E-state index contributed by atoms with van der Waals surface area (Å²) < 4.78 is 5.48. The van der Waals surface area contributed by atoms with Crippen molar-refractivity contribution in [2.45, 2.75) is 6.92 Å². The first-order valence-corrected chi connectivity index (χ1v) is 8.57. The van der Waals surface area contributed by atoms with Gasteiger partial charge in [-0.2, -0.15) is 0 Å². The van der Waals surface area contributed by atoms with Gasteiger partial charge in [-0.05, 0) is 31.2 Å². The zero-order valence-corrected chi connectivity index (χ0v) is 14.8. The highest BCUT2D eigenvalue weighted by atomic mass is 16.5. The summed E-state index contributed by atoms with van der Waals surface area (Å²) in [6, 6.07) is 19.6. The first-order valence-electron chi connectivity index (χ1n) is 8.57. The number of hydrogen-bond acceptors (Lipinski definition) is 5. The number of rotatable bonds is 8. The number of aromatic nitrogens is 2. The fourth-order valence-corrected chi connectivity index (χ4v) is 2.44. The van der Waals surface area contributed by atoms with E-state index in [2.05, 4.69) is 27.2 Å². The molecule has 0 saturated carbocycles. The Bertz CT molecular complexity index is 848. The van der Waals surface area contributed by atoms with Gasteiger partial charge in [0.05, 0.1) is 6.61 Å². The van der Waals surface area contributed by atoms with E-state index in [1.807, 2.05) is 67.6 Å². The molecule has 1 aromatic heterocycles. The summed E-state index contributed by atoms with van der Waals surface area (Å²) in [5, 5.41) is 6.56. The molecule has 0 bridgehead atoms. The highest BCUT2D eigenvalue weighted by molar-refractivity contribution is 5.65. The molecule has 0 radical (unpaired) electrons. The van der Waals surface area contributed by atoms with Gasteiger partial charge in [-0.15, -0.1) is 6.58 Å². The van der Waals surface area contributed by atoms with Crippen LogP contribution in [-0.4, -0.2) is 23.1 Å². The molecular weight excluding hydrogens is 324 g/mol. The maximum absolute atomic E-state index is 5.48. The topological polar surface area (TPSA) is 59.1 Å². The van der Waals surface area contributed by atoms with Crippen molar-refractivity contribution in [2.75, 3.05) is 23.8 Å². The van der Waals surface area contributed by atoms with Gasteiger partial charge in [0, 0.05) is 23.9 Å². The molecule has 2 N–H and O–H groups in total. The Morgan fingerprint density at radius 3 is 2.42 bits per heavy atom. The molecule has 0 aliphatic rings. The third-order valence-corrected chi connectivity index (χ3v) is 3.62. The third-order valence-electron chi connectivity index (χ3n) is 3.62. The number of nitrogens with zero attached hydrogens (tertiary/aromatic N) is 2. The van der Waals surface area contributed by atoms with Crippen LogP contribution >= 0.6 is 0 Å². The van der Waals surface area contributed by atoms with Gasteiger partial charge in [-0.3, -0.25) is 0 Å². The minimum Gasteiger partial charge on any atom is -0.494 e. The Morgan fingerprint density at radius 1 is 1.00 bits per heavy atom. The van der Waals surface area contributed by atoms with Crippen LogP contribution in [-0.2, 0) is 0 Å². The van der Waals surface area contributed by atoms with Gasteiger partial charge < -0.3 is 15.4 Å². The lowest BCUT2D eigenvalue weighted by atomic mass is 10.2. The fraction of sp³-hybridized carbons (Fsp3) is 0.143. The summed E-state index contributed by atoms with van der Waals surface area (Å²) in [4.78, 5) is 9.24. The van der Waals surface area contributed by atoms with Crippen LogP contribution in [0.2, 0.25) is 0 Å². The SMILES string of the molecule is C=CCNc1cc(Nc2ccc(OCC)cc2)nc(-c2ccccc2)n1. The second kappa shape index (κ2) is 8.67. The zero-order chi connectivity index (χ0) is 18.2. The molecule has 132 valence electrons. The molecule has 5 heteroatoms. The predicted molar refractivity (Wildman–Crippen MR) is 107 cm³/mol. The van der Waals surface area contributed by atoms with E-state index in [1.165, 1.54) is 0 Å². The van der Waals surface area contributed by atoms with Crippen molar-refractivity contribution in [3.8, 4) is 17.1 Å². The lowest BCUT2D eigenvalue weighted by molar-refractivity contribution is 0.340. The van der Waals surface area contributed by atoms with Crippen molar-refractivity contribution in [1.82, 2.24) is 9.97 Å². The second-order valence-corrected chi connectivity index (χ2v) is 5.58. The molecule has 2 aromatic carbocycles. The number of anilines is 3. The number of benzene rings is 2.